The maximum Gasteiger partial charge on any atom is 0.243 e. The Morgan fingerprint density at radius 1 is 1.03 bits per heavy atom. The number of benzene rings is 3. The first-order valence-corrected chi connectivity index (χ1v) is 15.4. The predicted molar refractivity (Wildman–Crippen MR) is 154 cm³/mol. The first-order chi connectivity index (χ1) is 18.2. The Kier molecular flexibility index (Phi) is 7.86. The van der Waals surface area contributed by atoms with Gasteiger partial charge in [0.15, 0.2) is 5.13 Å². The Labute approximate surface area is 232 Å². The molecule has 4 aromatic rings. The van der Waals surface area contributed by atoms with Crippen molar-refractivity contribution in [2.45, 2.75) is 44.0 Å². The van der Waals surface area contributed by atoms with Gasteiger partial charge in [-0.3, -0.25) is 9.69 Å². The molecule has 1 aromatic heterocycles. The third-order valence-corrected chi connectivity index (χ3v) is 10.2. The Bertz CT molecular complexity index is 1530. The topological polar surface area (TPSA) is 70.6 Å². The summed E-state index contributed by atoms with van der Waals surface area (Å²) in [5, 5.41) is 1.17. The molecule has 1 saturated heterocycles. The summed E-state index contributed by atoms with van der Waals surface area (Å²) < 4.78 is 28.8. The summed E-state index contributed by atoms with van der Waals surface area (Å²) in [5.41, 5.74) is 3.13. The largest absolute Gasteiger partial charge is 0.283 e. The molecule has 0 radical (unpaired) electrons. The normalized spacial score (nSPS) is 15.3. The summed E-state index contributed by atoms with van der Waals surface area (Å²) in [6.45, 7) is 5.29. The molecule has 0 aliphatic carbocycles. The quantitative estimate of drug-likeness (QED) is 0.249. The lowest BCUT2D eigenvalue weighted by atomic mass is 9.96. The molecule has 1 aliphatic heterocycles. The molecule has 3 aromatic carbocycles. The third-order valence-electron chi connectivity index (χ3n) is 7.00. The van der Waals surface area contributed by atoms with Gasteiger partial charge in [0.2, 0.25) is 15.9 Å². The molecule has 0 atom stereocenters. The second-order valence-electron chi connectivity index (χ2n) is 9.89. The van der Waals surface area contributed by atoms with Gasteiger partial charge >= 0.3 is 0 Å². The second kappa shape index (κ2) is 11.1. The number of hydrogen-bond donors (Lipinski definition) is 0. The van der Waals surface area contributed by atoms with Crippen LogP contribution in [-0.2, 0) is 21.4 Å². The van der Waals surface area contributed by atoms with E-state index in [9.17, 15) is 13.2 Å². The first kappa shape index (κ1) is 26.8. The van der Waals surface area contributed by atoms with Gasteiger partial charge in [-0.05, 0) is 60.2 Å². The second-order valence-corrected chi connectivity index (χ2v) is 13.3. The minimum atomic E-state index is -3.64. The van der Waals surface area contributed by atoms with E-state index in [1.165, 1.54) is 27.8 Å². The number of nitrogens with zero attached hydrogens (tertiary/aromatic N) is 3. The molecule has 6 nitrogen and oxygen atoms in total. The van der Waals surface area contributed by atoms with Crippen LogP contribution in [0.5, 0.6) is 0 Å². The van der Waals surface area contributed by atoms with Crippen LogP contribution in [0.3, 0.4) is 0 Å². The van der Waals surface area contributed by atoms with E-state index in [1.54, 1.807) is 17.0 Å². The number of anilines is 1. The zero-order valence-corrected chi connectivity index (χ0v) is 23.8. The monoisotopic (exact) mass is 567 g/mol. The van der Waals surface area contributed by atoms with Crippen molar-refractivity contribution in [2.24, 2.45) is 5.92 Å². The molecule has 38 heavy (non-hydrogen) atoms. The number of carbonyl (C=O) groups is 1. The van der Waals surface area contributed by atoms with Crippen molar-refractivity contribution < 1.29 is 13.2 Å². The van der Waals surface area contributed by atoms with E-state index in [0.717, 1.165) is 21.3 Å². The summed E-state index contributed by atoms with van der Waals surface area (Å²) in [4.78, 5) is 20.9. The smallest absolute Gasteiger partial charge is 0.243 e. The molecule has 5 rings (SSSR count). The molecule has 0 saturated carbocycles. The van der Waals surface area contributed by atoms with Crippen molar-refractivity contribution in [1.29, 1.82) is 0 Å². The fraction of sp³-hybridized carbons (Fsp3) is 0.310. The van der Waals surface area contributed by atoms with Gasteiger partial charge < -0.3 is 0 Å². The lowest BCUT2D eigenvalue weighted by molar-refractivity contribution is -0.123. The van der Waals surface area contributed by atoms with Crippen LogP contribution in [0.15, 0.2) is 77.7 Å². The highest BCUT2D eigenvalue weighted by atomic mass is 35.5. The Balaban J connectivity index is 1.39. The number of piperidine rings is 1. The van der Waals surface area contributed by atoms with Gasteiger partial charge in [-0.1, -0.05) is 79.2 Å². The fourth-order valence-electron chi connectivity index (χ4n) is 4.86. The molecular formula is C29H30ClN3O3S2. The van der Waals surface area contributed by atoms with E-state index in [2.05, 4.69) is 19.9 Å². The third kappa shape index (κ3) is 5.50. The summed E-state index contributed by atoms with van der Waals surface area (Å²) in [6.07, 6.45) is 0.915. The van der Waals surface area contributed by atoms with Crippen LogP contribution < -0.4 is 4.90 Å². The maximum absolute atomic E-state index is 14.0. The Morgan fingerprint density at radius 3 is 2.37 bits per heavy atom. The number of carbonyl (C=O) groups excluding carboxylic acids is 1. The van der Waals surface area contributed by atoms with Crippen LogP contribution >= 0.6 is 22.9 Å². The predicted octanol–water partition coefficient (Wildman–Crippen LogP) is 6.71. The number of hydrogen-bond acceptors (Lipinski definition) is 5. The van der Waals surface area contributed by atoms with E-state index in [1.807, 2.05) is 42.5 Å². The number of sulfonamides is 1. The zero-order chi connectivity index (χ0) is 26.9. The van der Waals surface area contributed by atoms with Crippen molar-refractivity contribution in [3.05, 3.63) is 88.9 Å². The SMILES string of the molecule is CC(C)c1cccc2sc(N(Cc3ccccc3)C(=O)C3CCN(S(=O)(=O)c4ccc(Cl)cc4)CC3)nc12. The van der Waals surface area contributed by atoms with Gasteiger partial charge in [-0.25, -0.2) is 13.4 Å². The Hall–Kier alpha value is -2.78. The molecule has 1 amide bonds. The average Bonchev–Trinajstić information content (AvgIpc) is 3.36. The van der Waals surface area contributed by atoms with Crippen LogP contribution in [0, 0.1) is 5.92 Å². The zero-order valence-electron chi connectivity index (χ0n) is 21.4. The lowest BCUT2D eigenvalue weighted by Gasteiger charge is -2.33. The standard InChI is InChI=1S/C29H30ClN3O3S2/c1-20(2)25-9-6-10-26-27(25)31-29(37-26)33(19-21-7-4-3-5-8-21)28(34)22-15-17-32(18-16-22)38(35,36)24-13-11-23(30)12-14-24/h3-14,20,22H,15-19H2,1-2H3. The van der Waals surface area contributed by atoms with Crippen LogP contribution in [0.4, 0.5) is 5.13 Å². The molecule has 1 aliphatic rings. The van der Waals surface area contributed by atoms with Gasteiger partial charge in [0, 0.05) is 24.0 Å². The number of aromatic nitrogens is 1. The maximum atomic E-state index is 14.0. The van der Waals surface area contributed by atoms with Crippen LogP contribution in [0.1, 0.15) is 43.7 Å². The van der Waals surface area contributed by atoms with E-state index in [-0.39, 0.29) is 29.8 Å². The molecule has 0 N–H and O–H groups in total. The van der Waals surface area contributed by atoms with Crippen molar-refractivity contribution in [3.63, 3.8) is 0 Å². The highest BCUT2D eigenvalue weighted by Gasteiger charge is 2.35. The molecule has 0 bridgehead atoms. The molecule has 0 unspecified atom stereocenters. The van der Waals surface area contributed by atoms with E-state index >= 15 is 0 Å². The van der Waals surface area contributed by atoms with Gasteiger partial charge in [0.05, 0.1) is 21.7 Å². The number of rotatable bonds is 7. The average molecular weight is 568 g/mol. The van der Waals surface area contributed by atoms with Crippen molar-refractivity contribution in [2.75, 3.05) is 18.0 Å². The number of amides is 1. The lowest BCUT2D eigenvalue weighted by Crippen LogP contribution is -2.44. The van der Waals surface area contributed by atoms with Gasteiger partial charge in [-0.2, -0.15) is 4.31 Å². The summed E-state index contributed by atoms with van der Waals surface area (Å²) in [7, 11) is -3.64. The van der Waals surface area contributed by atoms with Crippen LogP contribution in [0.2, 0.25) is 5.02 Å². The highest BCUT2D eigenvalue weighted by molar-refractivity contribution is 7.89. The van der Waals surface area contributed by atoms with Gasteiger partial charge in [0.25, 0.3) is 0 Å². The van der Waals surface area contributed by atoms with E-state index in [0.29, 0.717) is 35.5 Å². The van der Waals surface area contributed by atoms with Crippen LogP contribution in [0.25, 0.3) is 10.2 Å². The van der Waals surface area contributed by atoms with Gasteiger partial charge in [0.1, 0.15) is 0 Å². The van der Waals surface area contributed by atoms with Crippen molar-refractivity contribution in [1.82, 2.24) is 9.29 Å². The van der Waals surface area contributed by atoms with Gasteiger partial charge in [-0.15, -0.1) is 0 Å². The summed E-state index contributed by atoms with van der Waals surface area (Å²) >= 11 is 7.46. The molecule has 2 heterocycles. The van der Waals surface area contributed by atoms with Crippen molar-refractivity contribution in [3.8, 4) is 0 Å². The molecule has 198 valence electrons. The summed E-state index contributed by atoms with van der Waals surface area (Å²) in [5.74, 6) is 0.0216. The molecular weight excluding hydrogens is 538 g/mol. The number of fused-ring (bicyclic) bond motifs is 1. The first-order valence-electron chi connectivity index (χ1n) is 12.7. The highest BCUT2D eigenvalue weighted by Crippen LogP contribution is 2.36. The van der Waals surface area contributed by atoms with E-state index < -0.39 is 10.0 Å². The Morgan fingerprint density at radius 2 is 1.71 bits per heavy atom. The summed E-state index contributed by atoms with van der Waals surface area (Å²) in [6, 6.07) is 22.3. The minimum Gasteiger partial charge on any atom is -0.283 e. The minimum absolute atomic E-state index is 0.0115. The molecule has 0 spiro atoms. The number of thiazole rings is 1. The molecule has 1 fully saturated rings. The number of para-hydroxylation sites is 1. The van der Waals surface area contributed by atoms with Crippen molar-refractivity contribution >= 4 is 54.2 Å². The number of halogens is 1. The van der Waals surface area contributed by atoms with Crippen LogP contribution in [-0.4, -0.2) is 36.7 Å². The fourth-order valence-corrected chi connectivity index (χ4v) is 7.47. The van der Waals surface area contributed by atoms with E-state index in [4.69, 9.17) is 16.6 Å². The molecule has 9 heteroatoms.